The highest BCUT2D eigenvalue weighted by atomic mass is 32.2. The Labute approximate surface area is 144 Å². The maximum Gasteiger partial charge on any atom is 0.278 e. The second-order valence-corrected chi connectivity index (χ2v) is 7.96. The van der Waals surface area contributed by atoms with Crippen LogP contribution in [0.15, 0.2) is 24.3 Å². The molecule has 0 fully saturated rings. The molecule has 0 spiro atoms. The van der Waals surface area contributed by atoms with Gasteiger partial charge in [0, 0.05) is 32.7 Å². The van der Waals surface area contributed by atoms with Crippen LogP contribution in [0, 0.1) is 5.92 Å². The zero-order valence-electron chi connectivity index (χ0n) is 14.7. The highest BCUT2D eigenvalue weighted by Crippen LogP contribution is 2.13. The normalized spacial score (nSPS) is 11.8. The Morgan fingerprint density at radius 1 is 1.17 bits per heavy atom. The van der Waals surface area contributed by atoms with Gasteiger partial charge in [-0.15, -0.1) is 0 Å². The van der Waals surface area contributed by atoms with Crippen molar-refractivity contribution < 1.29 is 17.9 Å². The molecular formula is C16H27N3O4S. The van der Waals surface area contributed by atoms with E-state index < -0.39 is 10.2 Å². The van der Waals surface area contributed by atoms with Crippen molar-refractivity contribution in [3.8, 4) is 5.75 Å². The Bertz CT molecular complexity index is 613. The van der Waals surface area contributed by atoms with Crippen molar-refractivity contribution in [2.45, 2.75) is 20.3 Å². The lowest BCUT2D eigenvalue weighted by molar-refractivity contribution is 0.0954. The minimum Gasteiger partial charge on any atom is -0.494 e. The zero-order chi connectivity index (χ0) is 18.2. The average Bonchev–Trinajstić information content (AvgIpc) is 2.51. The second-order valence-electron chi connectivity index (χ2n) is 5.99. The zero-order valence-corrected chi connectivity index (χ0v) is 15.5. The molecule has 0 heterocycles. The maximum absolute atomic E-state index is 12.0. The maximum atomic E-state index is 12.0. The Morgan fingerprint density at radius 2 is 1.79 bits per heavy atom. The third-order valence-electron chi connectivity index (χ3n) is 3.26. The molecule has 24 heavy (non-hydrogen) atoms. The molecule has 1 aromatic carbocycles. The van der Waals surface area contributed by atoms with Crippen LogP contribution in [0.25, 0.3) is 0 Å². The van der Waals surface area contributed by atoms with Gasteiger partial charge in [0.2, 0.25) is 0 Å². The van der Waals surface area contributed by atoms with E-state index in [0.29, 0.717) is 18.1 Å². The summed E-state index contributed by atoms with van der Waals surface area (Å²) in [6, 6.07) is 6.88. The summed E-state index contributed by atoms with van der Waals surface area (Å²) >= 11 is 0. The number of rotatable bonds is 10. The summed E-state index contributed by atoms with van der Waals surface area (Å²) in [5, 5.41) is 2.66. The first-order chi connectivity index (χ1) is 11.2. The smallest absolute Gasteiger partial charge is 0.278 e. The van der Waals surface area contributed by atoms with Gasteiger partial charge in [0.1, 0.15) is 5.75 Å². The molecule has 136 valence electrons. The van der Waals surface area contributed by atoms with Crippen molar-refractivity contribution in [3.05, 3.63) is 29.8 Å². The lowest BCUT2D eigenvalue weighted by Gasteiger charge is -2.12. The van der Waals surface area contributed by atoms with Crippen LogP contribution in [0.4, 0.5) is 0 Å². The SMILES string of the molecule is CC(C)CCOc1ccc(C(=O)NCCNS(=O)(=O)N(C)C)cc1. The number of hydrogen-bond acceptors (Lipinski definition) is 4. The molecule has 1 aromatic rings. The van der Waals surface area contributed by atoms with E-state index in [0.717, 1.165) is 16.5 Å². The topological polar surface area (TPSA) is 87.7 Å². The number of nitrogens with one attached hydrogen (secondary N) is 2. The summed E-state index contributed by atoms with van der Waals surface area (Å²) in [4.78, 5) is 12.0. The van der Waals surface area contributed by atoms with Crippen molar-refractivity contribution in [3.63, 3.8) is 0 Å². The van der Waals surface area contributed by atoms with Gasteiger partial charge < -0.3 is 10.1 Å². The van der Waals surface area contributed by atoms with Gasteiger partial charge in [-0.05, 0) is 36.6 Å². The standard InChI is InChI=1S/C16H27N3O4S/c1-13(2)9-12-23-15-7-5-14(6-8-15)16(20)17-10-11-18-24(21,22)19(3)4/h5-8,13,18H,9-12H2,1-4H3,(H,17,20). The van der Waals surface area contributed by atoms with Crippen LogP contribution in [0.1, 0.15) is 30.6 Å². The molecule has 8 heteroatoms. The van der Waals surface area contributed by atoms with Gasteiger partial charge in [0.15, 0.2) is 0 Å². The molecule has 0 aromatic heterocycles. The molecule has 0 aliphatic rings. The van der Waals surface area contributed by atoms with Gasteiger partial charge in [-0.2, -0.15) is 12.7 Å². The highest BCUT2D eigenvalue weighted by molar-refractivity contribution is 7.87. The Balaban J connectivity index is 2.37. The monoisotopic (exact) mass is 357 g/mol. The van der Waals surface area contributed by atoms with Crippen LogP contribution in [0.5, 0.6) is 5.75 Å². The van der Waals surface area contributed by atoms with E-state index in [4.69, 9.17) is 4.74 Å². The molecule has 0 saturated heterocycles. The van der Waals surface area contributed by atoms with Gasteiger partial charge in [0.25, 0.3) is 16.1 Å². The second kappa shape index (κ2) is 9.61. The molecule has 0 aliphatic carbocycles. The molecule has 0 aliphatic heterocycles. The van der Waals surface area contributed by atoms with E-state index in [2.05, 4.69) is 23.9 Å². The molecule has 7 nitrogen and oxygen atoms in total. The highest BCUT2D eigenvalue weighted by Gasteiger charge is 2.12. The molecular weight excluding hydrogens is 330 g/mol. The molecule has 1 rings (SSSR count). The van der Waals surface area contributed by atoms with Gasteiger partial charge in [-0.3, -0.25) is 4.79 Å². The van der Waals surface area contributed by atoms with Crippen molar-refractivity contribution in [1.82, 2.24) is 14.3 Å². The first kappa shape index (κ1) is 20.4. The lowest BCUT2D eigenvalue weighted by Crippen LogP contribution is -2.40. The molecule has 2 N–H and O–H groups in total. The Kier molecular flexibility index (Phi) is 8.17. The molecule has 0 unspecified atom stereocenters. The van der Waals surface area contributed by atoms with Crippen LogP contribution in [0.3, 0.4) is 0 Å². The molecule has 0 saturated carbocycles. The van der Waals surface area contributed by atoms with E-state index in [-0.39, 0.29) is 19.0 Å². The van der Waals surface area contributed by atoms with Crippen LogP contribution < -0.4 is 14.8 Å². The fourth-order valence-electron chi connectivity index (χ4n) is 1.70. The van der Waals surface area contributed by atoms with Gasteiger partial charge >= 0.3 is 0 Å². The van der Waals surface area contributed by atoms with E-state index in [1.54, 1.807) is 24.3 Å². The number of hydrogen-bond donors (Lipinski definition) is 2. The van der Waals surface area contributed by atoms with Crippen molar-refractivity contribution >= 4 is 16.1 Å². The average molecular weight is 357 g/mol. The van der Waals surface area contributed by atoms with E-state index in [9.17, 15) is 13.2 Å². The molecule has 0 atom stereocenters. The summed E-state index contributed by atoms with van der Waals surface area (Å²) in [5.74, 6) is 1.05. The predicted octanol–water partition coefficient (Wildman–Crippen LogP) is 1.24. The fraction of sp³-hybridized carbons (Fsp3) is 0.562. The first-order valence-corrected chi connectivity index (χ1v) is 9.34. The summed E-state index contributed by atoms with van der Waals surface area (Å²) in [7, 11) is -0.594. The van der Waals surface area contributed by atoms with Crippen LogP contribution in [-0.2, 0) is 10.2 Å². The van der Waals surface area contributed by atoms with E-state index >= 15 is 0 Å². The van der Waals surface area contributed by atoms with E-state index in [1.807, 2.05) is 0 Å². The van der Waals surface area contributed by atoms with Gasteiger partial charge in [0.05, 0.1) is 6.61 Å². The minimum absolute atomic E-state index is 0.128. The van der Waals surface area contributed by atoms with Gasteiger partial charge in [-0.1, -0.05) is 13.8 Å². The molecule has 0 bridgehead atoms. The van der Waals surface area contributed by atoms with Gasteiger partial charge in [-0.25, -0.2) is 4.72 Å². The summed E-state index contributed by atoms with van der Waals surface area (Å²) in [5.41, 5.74) is 0.502. The lowest BCUT2D eigenvalue weighted by atomic mass is 10.1. The summed E-state index contributed by atoms with van der Waals surface area (Å²) in [6.45, 7) is 5.25. The largest absolute Gasteiger partial charge is 0.494 e. The third-order valence-corrected chi connectivity index (χ3v) is 4.79. The number of carbonyl (C=O) groups excluding carboxylic acids is 1. The first-order valence-electron chi connectivity index (χ1n) is 7.90. The van der Waals surface area contributed by atoms with Crippen LogP contribution in [0.2, 0.25) is 0 Å². The van der Waals surface area contributed by atoms with Crippen molar-refractivity contribution in [2.75, 3.05) is 33.8 Å². The fourth-order valence-corrected chi connectivity index (χ4v) is 2.32. The number of nitrogens with zero attached hydrogens (tertiary/aromatic N) is 1. The number of benzene rings is 1. The summed E-state index contributed by atoms with van der Waals surface area (Å²) in [6.07, 6.45) is 0.977. The Morgan fingerprint density at radius 3 is 2.33 bits per heavy atom. The van der Waals surface area contributed by atoms with Crippen LogP contribution in [-0.4, -0.2) is 52.4 Å². The molecule has 1 amide bonds. The predicted molar refractivity (Wildman–Crippen MR) is 94.3 cm³/mol. The Hall–Kier alpha value is -1.64. The molecule has 0 radical (unpaired) electrons. The summed E-state index contributed by atoms with van der Waals surface area (Å²) < 4.78 is 32.0. The quantitative estimate of drug-likeness (QED) is 0.617. The number of carbonyl (C=O) groups is 1. The number of amides is 1. The number of ether oxygens (including phenoxy) is 1. The minimum atomic E-state index is -3.47. The van der Waals surface area contributed by atoms with Crippen molar-refractivity contribution in [2.24, 2.45) is 5.92 Å². The van der Waals surface area contributed by atoms with Crippen molar-refractivity contribution in [1.29, 1.82) is 0 Å². The van der Waals surface area contributed by atoms with Crippen LogP contribution >= 0.6 is 0 Å². The third kappa shape index (κ3) is 7.29. The van der Waals surface area contributed by atoms with E-state index in [1.165, 1.54) is 14.1 Å².